The lowest BCUT2D eigenvalue weighted by molar-refractivity contribution is 0.0658. The number of hydrogen-bond acceptors (Lipinski definition) is 3. The lowest BCUT2D eigenvalue weighted by Gasteiger charge is -2.44. The van der Waals surface area contributed by atoms with Gasteiger partial charge in [0, 0.05) is 36.1 Å². The highest BCUT2D eigenvalue weighted by molar-refractivity contribution is 7.10. The van der Waals surface area contributed by atoms with Gasteiger partial charge in [0.15, 0.2) is 0 Å². The summed E-state index contributed by atoms with van der Waals surface area (Å²) in [6.45, 7) is 11.7. The molecule has 3 atom stereocenters. The quantitative estimate of drug-likeness (QED) is 0.880. The summed E-state index contributed by atoms with van der Waals surface area (Å²) in [5.41, 5.74) is 0. The largest absolute Gasteiger partial charge is 0.311 e. The van der Waals surface area contributed by atoms with E-state index in [2.05, 4.69) is 55.4 Å². The predicted molar refractivity (Wildman–Crippen MR) is 84.8 cm³/mol. The average molecular weight is 280 g/mol. The first-order valence-corrected chi connectivity index (χ1v) is 8.54. The van der Waals surface area contributed by atoms with E-state index in [0.717, 1.165) is 6.54 Å². The maximum Gasteiger partial charge on any atom is 0.0468 e. The van der Waals surface area contributed by atoms with Crippen molar-refractivity contribution in [3.05, 3.63) is 22.4 Å². The maximum absolute atomic E-state index is 3.70. The smallest absolute Gasteiger partial charge is 0.0468 e. The van der Waals surface area contributed by atoms with Gasteiger partial charge in [-0.3, -0.25) is 4.90 Å². The van der Waals surface area contributed by atoms with E-state index in [9.17, 15) is 0 Å². The van der Waals surface area contributed by atoms with E-state index >= 15 is 0 Å². The minimum Gasteiger partial charge on any atom is -0.311 e. The monoisotopic (exact) mass is 280 g/mol. The SMILES string of the molecule is CCCC1CN(C(c2cccs2)C(C)C)C(C)CN1. The van der Waals surface area contributed by atoms with E-state index in [1.807, 2.05) is 11.3 Å². The second-order valence-corrected chi connectivity index (χ2v) is 7.12. The zero-order valence-corrected chi connectivity index (χ0v) is 13.5. The van der Waals surface area contributed by atoms with Crippen LogP contribution in [0.2, 0.25) is 0 Å². The minimum absolute atomic E-state index is 0.580. The molecular weight excluding hydrogens is 252 g/mol. The summed E-state index contributed by atoms with van der Waals surface area (Å²) in [6.07, 6.45) is 2.56. The van der Waals surface area contributed by atoms with Gasteiger partial charge in [-0.2, -0.15) is 0 Å². The maximum atomic E-state index is 3.70. The van der Waals surface area contributed by atoms with E-state index in [0.29, 0.717) is 24.0 Å². The molecular formula is C16H28N2S. The molecule has 0 aliphatic carbocycles. The Bertz CT molecular complexity index is 361. The third kappa shape index (κ3) is 3.59. The van der Waals surface area contributed by atoms with Crippen LogP contribution in [-0.4, -0.2) is 30.1 Å². The van der Waals surface area contributed by atoms with Crippen LogP contribution in [0.3, 0.4) is 0 Å². The molecule has 108 valence electrons. The first-order valence-electron chi connectivity index (χ1n) is 7.66. The number of nitrogens with one attached hydrogen (secondary N) is 1. The summed E-state index contributed by atoms with van der Waals surface area (Å²) < 4.78 is 0. The average Bonchev–Trinajstić information content (AvgIpc) is 2.87. The summed E-state index contributed by atoms with van der Waals surface area (Å²) in [5.74, 6) is 0.668. The molecule has 0 saturated carbocycles. The zero-order chi connectivity index (χ0) is 13.8. The molecule has 1 saturated heterocycles. The summed E-state index contributed by atoms with van der Waals surface area (Å²) in [5, 5.41) is 5.91. The Morgan fingerprint density at radius 1 is 1.47 bits per heavy atom. The first kappa shape index (κ1) is 15.0. The van der Waals surface area contributed by atoms with Crippen molar-refractivity contribution < 1.29 is 0 Å². The number of thiophene rings is 1. The lowest BCUT2D eigenvalue weighted by atomic mass is 9.95. The van der Waals surface area contributed by atoms with E-state index in [1.54, 1.807) is 0 Å². The van der Waals surface area contributed by atoms with Crippen LogP contribution in [-0.2, 0) is 0 Å². The van der Waals surface area contributed by atoms with Crippen LogP contribution in [0.25, 0.3) is 0 Å². The summed E-state index contributed by atoms with van der Waals surface area (Å²) in [6, 6.07) is 6.37. The van der Waals surface area contributed by atoms with Gasteiger partial charge >= 0.3 is 0 Å². The van der Waals surface area contributed by atoms with Crippen LogP contribution in [0.4, 0.5) is 0 Å². The van der Waals surface area contributed by atoms with Crippen molar-refractivity contribution in [2.45, 2.75) is 58.7 Å². The molecule has 0 aromatic carbocycles. The van der Waals surface area contributed by atoms with Gasteiger partial charge in [-0.15, -0.1) is 11.3 Å². The molecule has 0 spiro atoms. The molecule has 1 aliphatic rings. The van der Waals surface area contributed by atoms with E-state index in [-0.39, 0.29) is 0 Å². The van der Waals surface area contributed by atoms with Crippen LogP contribution in [0.1, 0.15) is 51.5 Å². The van der Waals surface area contributed by atoms with Crippen LogP contribution in [0, 0.1) is 5.92 Å². The van der Waals surface area contributed by atoms with Crippen LogP contribution < -0.4 is 5.32 Å². The third-order valence-corrected chi connectivity index (χ3v) is 5.10. The molecule has 1 aromatic rings. The number of rotatable bonds is 5. The fourth-order valence-corrected chi connectivity index (χ4v) is 4.24. The molecule has 2 nitrogen and oxygen atoms in total. The fraction of sp³-hybridized carbons (Fsp3) is 0.750. The highest BCUT2D eigenvalue weighted by atomic mass is 32.1. The fourth-order valence-electron chi connectivity index (χ4n) is 3.22. The van der Waals surface area contributed by atoms with Crippen LogP contribution in [0.15, 0.2) is 17.5 Å². The molecule has 2 rings (SSSR count). The predicted octanol–water partition coefficient (Wildman–Crippen LogP) is 3.91. The van der Waals surface area contributed by atoms with Crippen molar-refractivity contribution in [3.8, 4) is 0 Å². The second kappa shape index (κ2) is 6.87. The molecule has 1 aromatic heterocycles. The van der Waals surface area contributed by atoms with Gasteiger partial charge in [-0.25, -0.2) is 0 Å². The molecule has 0 radical (unpaired) electrons. The van der Waals surface area contributed by atoms with Gasteiger partial charge in [0.05, 0.1) is 0 Å². The van der Waals surface area contributed by atoms with Gasteiger partial charge in [-0.1, -0.05) is 33.3 Å². The van der Waals surface area contributed by atoms with E-state index < -0.39 is 0 Å². The van der Waals surface area contributed by atoms with Crippen molar-refractivity contribution in [1.29, 1.82) is 0 Å². The molecule has 3 unspecified atom stereocenters. The number of piperazine rings is 1. The Labute approximate surface area is 122 Å². The lowest BCUT2D eigenvalue weighted by Crippen LogP contribution is -2.56. The van der Waals surface area contributed by atoms with Crippen molar-refractivity contribution in [2.24, 2.45) is 5.92 Å². The van der Waals surface area contributed by atoms with Crippen molar-refractivity contribution in [1.82, 2.24) is 10.2 Å². The molecule has 1 N–H and O–H groups in total. The highest BCUT2D eigenvalue weighted by Crippen LogP contribution is 2.34. The molecule has 0 bridgehead atoms. The van der Waals surface area contributed by atoms with Gasteiger partial charge in [-0.05, 0) is 30.7 Å². The standard InChI is InChI=1S/C16H28N2S/c1-5-7-14-11-18(13(4)10-17-14)16(12(2)3)15-8-6-9-19-15/h6,8-9,12-14,16-17H,5,7,10-11H2,1-4H3. The first-order chi connectivity index (χ1) is 9.13. The third-order valence-electron chi connectivity index (χ3n) is 4.16. The molecule has 19 heavy (non-hydrogen) atoms. The molecule has 0 amide bonds. The Morgan fingerprint density at radius 3 is 2.84 bits per heavy atom. The number of hydrogen-bond donors (Lipinski definition) is 1. The van der Waals surface area contributed by atoms with Gasteiger partial charge < -0.3 is 5.32 Å². The summed E-state index contributed by atoms with van der Waals surface area (Å²) >= 11 is 1.91. The van der Waals surface area contributed by atoms with Gasteiger partial charge in [0.25, 0.3) is 0 Å². The second-order valence-electron chi connectivity index (χ2n) is 6.14. The minimum atomic E-state index is 0.580. The Balaban J connectivity index is 2.15. The zero-order valence-electron chi connectivity index (χ0n) is 12.7. The van der Waals surface area contributed by atoms with E-state index in [4.69, 9.17) is 0 Å². The Kier molecular flexibility index (Phi) is 5.43. The van der Waals surface area contributed by atoms with Crippen molar-refractivity contribution in [2.75, 3.05) is 13.1 Å². The van der Waals surface area contributed by atoms with Gasteiger partial charge in [0.1, 0.15) is 0 Å². The molecule has 3 heteroatoms. The molecule has 2 heterocycles. The number of nitrogens with zero attached hydrogens (tertiary/aromatic N) is 1. The normalized spacial score (nSPS) is 26.8. The topological polar surface area (TPSA) is 15.3 Å². The highest BCUT2D eigenvalue weighted by Gasteiger charge is 2.32. The molecule has 1 fully saturated rings. The van der Waals surface area contributed by atoms with E-state index in [1.165, 1.54) is 24.3 Å². The molecule has 1 aliphatic heterocycles. The van der Waals surface area contributed by atoms with Crippen molar-refractivity contribution >= 4 is 11.3 Å². The van der Waals surface area contributed by atoms with Gasteiger partial charge in [0.2, 0.25) is 0 Å². The Hall–Kier alpha value is -0.380. The summed E-state index contributed by atoms with van der Waals surface area (Å²) in [4.78, 5) is 4.26. The Morgan fingerprint density at radius 2 is 2.26 bits per heavy atom. The van der Waals surface area contributed by atoms with Crippen LogP contribution in [0.5, 0.6) is 0 Å². The van der Waals surface area contributed by atoms with Crippen molar-refractivity contribution in [3.63, 3.8) is 0 Å². The van der Waals surface area contributed by atoms with Crippen LogP contribution >= 0.6 is 11.3 Å². The summed E-state index contributed by atoms with van der Waals surface area (Å²) in [7, 11) is 0.